The van der Waals surface area contributed by atoms with Crippen molar-refractivity contribution in [3.63, 3.8) is 0 Å². The molecular weight excluding hydrogens is 256 g/mol. The van der Waals surface area contributed by atoms with Gasteiger partial charge in [-0.2, -0.15) is 0 Å². The Kier molecular flexibility index (Phi) is 1.99. The van der Waals surface area contributed by atoms with Gasteiger partial charge in [-0.1, -0.05) is 27.7 Å². The van der Waals surface area contributed by atoms with Crippen molar-refractivity contribution >= 4 is 0 Å². The first-order chi connectivity index (χ1) is 9.61. The maximum atomic E-state index is 11.8. The van der Waals surface area contributed by atoms with E-state index in [2.05, 4.69) is 27.7 Å². The van der Waals surface area contributed by atoms with Crippen molar-refractivity contribution in [1.82, 2.24) is 0 Å². The Hall–Kier alpha value is -0.0400. The molecule has 7 atom stereocenters. The maximum absolute atomic E-state index is 11.8. The highest BCUT2D eigenvalue weighted by Gasteiger charge is 2.80. The average molecular weight is 288 g/mol. The monoisotopic (exact) mass is 288 g/mol. The van der Waals surface area contributed by atoms with Crippen LogP contribution in [0.2, 0.25) is 0 Å². The van der Waals surface area contributed by atoms with Gasteiger partial charge in [-0.15, -0.1) is 0 Å². The summed E-state index contributed by atoms with van der Waals surface area (Å²) in [6.45, 7) is 10.4. The van der Waals surface area contributed by atoms with E-state index in [1.165, 1.54) is 44.9 Å². The minimum atomic E-state index is -0.335. The molecule has 0 amide bonds. The van der Waals surface area contributed by atoms with Crippen molar-refractivity contribution < 1.29 is 5.11 Å². The molecule has 1 heteroatoms. The molecule has 6 fully saturated rings. The predicted octanol–water partition coefficient (Wildman–Crippen LogP) is 4.92. The van der Waals surface area contributed by atoms with Crippen LogP contribution in [0, 0.1) is 33.0 Å². The standard InChI is InChI=1S/C20H32O/c1-15-5-6-17(3)13-20(21)11-14(9-15)10-19(20)8-7-16(15,2)12-18(17,19)4/h14,21H,5-13H2,1-4H3. The third kappa shape index (κ3) is 1.09. The Balaban J connectivity index is 1.86. The van der Waals surface area contributed by atoms with Crippen molar-refractivity contribution in [1.29, 1.82) is 0 Å². The van der Waals surface area contributed by atoms with Crippen molar-refractivity contribution in [3.05, 3.63) is 0 Å². The van der Waals surface area contributed by atoms with E-state index in [9.17, 15) is 5.11 Å². The molecule has 5 bridgehead atoms. The highest BCUT2D eigenvalue weighted by Crippen LogP contribution is 2.85. The first-order valence-electron chi connectivity index (χ1n) is 9.34. The Morgan fingerprint density at radius 2 is 1.38 bits per heavy atom. The van der Waals surface area contributed by atoms with Gasteiger partial charge in [-0.05, 0) is 85.4 Å². The highest BCUT2D eigenvalue weighted by molar-refractivity contribution is 5.30. The molecular formula is C20H32O. The molecule has 0 aromatic rings. The van der Waals surface area contributed by atoms with Crippen LogP contribution < -0.4 is 0 Å². The first-order valence-corrected chi connectivity index (χ1v) is 9.34. The lowest BCUT2D eigenvalue weighted by molar-refractivity contribution is -0.163. The van der Waals surface area contributed by atoms with E-state index in [0.29, 0.717) is 21.7 Å². The summed E-state index contributed by atoms with van der Waals surface area (Å²) in [5, 5.41) is 11.8. The molecule has 6 saturated carbocycles. The third-order valence-electron chi connectivity index (χ3n) is 10.5. The zero-order chi connectivity index (χ0) is 14.9. The Morgan fingerprint density at radius 1 is 0.714 bits per heavy atom. The molecule has 7 unspecified atom stereocenters. The molecule has 0 aromatic carbocycles. The fraction of sp³-hybridized carbons (Fsp3) is 1.00. The van der Waals surface area contributed by atoms with Crippen LogP contribution in [0.4, 0.5) is 0 Å². The summed E-state index contributed by atoms with van der Waals surface area (Å²) in [4.78, 5) is 0. The molecule has 6 aliphatic rings. The van der Waals surface area contributed by atoms with E-state index >= 15 is 0 Å². The number of hydrogen-bond donors (Lipinski definition) is 1. The molecule has 6 aliphatic carbocycles. The van der Waals surface area contributed by atoms with Crippen LogP contribution in [0.3, 0.4) is 0 Å². The van der Waals surface area contributed by atoms with Gasteiger partial charge in [0.1, 0.15) is 0 Å². The van der Waals surface area contributed by atoms with Crippen molar-refractivity contribution in [2.24, 2.45) is 33.0 Å². The minimum absolute atomic E-state index is 0.255. The summed E-state index contributed by atoms with van der Waals surface area (Å²) in [5.41, 5.74) is 1.68. The van der Waals surface area contributed by atoms with Crippen LogP contribution >= 0.6 is 0 Å². The molecule has 6 rings (SSSR count). The summed E-state index contributed by atoms with van der Waals surface area (Å²) >= 11 is 0. The van der Waals surface area contributed by atoms with E-state index in [1.807, 2.05) is 0 Å². The Bertz CT molecular complexity index is 540. The van der Waals surface area contributed by atoms with Gasteiger partial charge in [0.2, 0.25) is 0 Å². The van der Waals surface area contributed by atoms with Gasteiger partial charge in [0.05, 0.1) is 5.60 Å². The van der Waals surface area contributed by atoms with Crippen molar-refractivity contribution in [2.45, 2.75) is 91.1 Å². The van der Waals surface area contributed by atoms with E-state index < -0.39 is 0 Å². The number of fused-ring (bicyclic) bond motifs is 1. The minimum Gasteiger partial charge on any atom is -0.389 e. The van der Waals surface area contributed by atoms with Gasteiger partial charge in [0, 0.05) is 5.41 Å². The smallest absolute Gasteiger partial charge is 0.0717 e. The van der Waals surface area contributed by atoms with Crippen LogP contribution in [0.1, 0.15) is 85.5 Å². The molecule has 1 N–H and O–H groups in total. The van der Waals surface area contributed by atoms with Crippen LogP contribution in [0.5, 0.6) is 0 Å². The predicted molar refractivity (Wildman–Crippen MR) is 84.9 cm³/mol. The summed E-state index contributed by atoms with van der Waals surface area (Å²) in [6, 6.07) is 0. The summed E-state index contributed by atoms with van der Waals surface area (Å²) in [5.74, 6) is 0.793. The lowest BCUT2D eigenvalue weighted by atomic mass is 9.42. The van der Waals surface area contributed by atoms with Gasteiger partial charge in [0.15, 0.2) is 0 Å². The van der Waals surface area contributed by atoms with E-state index in [0.717, 1.165) is 18.8 Å². The number of rotatable bonds is 0. The summed E-state index contributed by atoms with van der Waals surface area (Å²) in [7, 11) is 0. The van der Waals surface area contributed by atoms with E-state index in [1.54, 1.807) is 0 Å². The lowest BCUT2D eigenvalue weighted by Crippen LogP contribution is -2.57. The third-order valence-corrected chi connectivity index (χ3v) is 10.5. The topological polar surface area (TPSA) is 20.2 Å². The molecule has 0 radical (unpaired) electrons. The highest BCUT2D eigenvalue weighted by atomic mass is 16.3. The second-order valence-electron chi connectivity index (χ2n) is 11.0. The van der Waals surface area contributed by atoms with Crippen LogP contribution in [0.15, 0.2) is 0 Å². The average Bonchev–Trinajstić information content (AvgIpc) is 2.71. The zero-order valence-corrected chi connectivity index (χ0v) is 14.4. The lowest BCUT2D eigenvalue weighted by Gasteiger charge is -2.63. The van der Waals surface area contributed by atoms with Gasteiger partial charge in [-0.25, -0.2) is 0 Å². The largest absolute Gasteiger partial charge is 0.389 e. The zero-order valence-electron chi connectivity index (χ0n) is 14.4. The number of hydrogen-bond acceptors (Lipinski definition) is 1. The molecule has 1 spiro atoms. The normalized spacial score (nSPS) is 71.0. The fourth-order valence-electron chi connectivity index (χ4n) is 9.04. The fourth-order valence-corrected chi connectivity index (χ4v) is 9.04. The Morgan fingerprint density at radius 3 is 2.14 bits per heavy atom. The van der Waals surface area contributed by atoms with E-state index in [4.69, 9.17) is 0 Å². The molecule has 118 valence electrons. The van der Waals surface area contributed by atoms with Crippen LogP contribution in [-0.4, -0.2) is 10.7 Å². The quantitative estimate of drug-likeness (QED) is 0.670. The molecule has 0 aliphatic heterocycles. The molecule has 0 aromatic heterocycles. The summed E-state index contributed by atoms with van der Waals surface area (Å²) < 4.78 is 0. The second kappa shape index (κ2) is 3.12. The van der Waals surface area contributed by atoms with Gasteiger partial charge < -0.3 is 5.11 Å². The molecule has 0 heterocycles. The van der Waals surface area contributed by atoms with Crippen molar-refractivity contribution in [3.8, 4) is 0 Å². The summed E-state index contributed by atoms with van der Waals surface area (Å²) in [6.07, 6.45) is 11.7. The second-order valence-corrected chi connectivity index (χ2v) is 11.0. The maximum Gasteiger partial charge on any atom is 0.0717 e. The van der Waals surface area contributed by atoms with Gasteiger partial charge >= 0.3 is 0 Å². The van der Waals surface area contributed by atoms with Gasteiger partial charge in [0.25, 0.3) is 0 Å². The Labute approximate surface area is 129 Å². The molecule has 0 saturated heterocycles. The molecule has 21 heavy (non-hydrogen) atoms. The van der Waals surface area contributed by atoms with E-state index in [-0.39, 0.29) is 11.0 Å². The van der Waals surface area contributed by atoms with Gasteiger partial charge in [-0.3, -0.25) is 0 Å². The SMILES string of the molecule is CC12CCC3(C)CC4(O)CC(C1)CC41CCC2(C)CC31C. The first kappa shape index (κ1) is 13.4. The van der Waals surface area contributed by atoms with Crippen LogP contribution in [0.25, 0.3) is 0 Å². The van der Waals surface area contributed by atoms with Crippen molar-refractivity contribution in [2.75, 3.05) is 0 Å². The molecule has 1 nitrogen and oxygen atoms in total. The van der Waals surface area contributed by atoms with Crippen LogP contribution in [-0.2, 0) is 0 Å². The number of aliphatic hydroxyl groups is 1.